The van der Waals surface area contributed by atoms with Crippen molar-refractivity contribution < 1.29 is 0 Å². The van der Waals surface area contributed by atoms with E-state index in [2.05, 4.69) is 111 Å². The molecule has 40 heavy (non-hydrogen) atoms. The molecule has 2 heteroatoms. The fourth-order valence-electron chi connectivity index (χ4n) is 7.04. The number of hydrogen-bond acceptors (Lipinski definition) is 0. The predicted molar refractivity (Wildman–Crippen MR) is 179 cm³/mol. The molecular weight excluding hydrogens is 518 g/mol. The van der Waals surface area contributed by atoms with Crippen LogP contribution in [-0.2, 0) is 0 Å². The summed E-state index contributed by atoms with van der Waals surface area (Å²) in [5.41, 5.74) is 7.81. The molecule has 0 amide bonds. The molecule has 2 atom stereocenters. The van der Waals surface area contributed by atoms with Gasteiger partial charge in [-0.2, -0.15) is 0 Å². The third-order valence-corrected chi connectivity index (χ3v) is 17.5. The second-order valence-electron chi connectivity index (χ2n) is 11.9. The minimum atomic E-state index is -0.521. The first-order valence-corrected chi connectivity index (χ1v) is 19.0. The normalized spacial score (nSPS) is 18.4. The SMILES string of the molecule is Cc1ccc[c]c1-c1c(C)cccc1P(C1CCCCC1)[P@](c1ccccc1)c1ccc(C2CCCCC2)cc1. The molecule has 0 heterocycles. The Labute approximate surface area is 245 Å². The molecule has 2 fully saturated rings. The number of rotatable bonds is 7. The quantitative estimate of drug-likeness (QED) is 0.197. The molecule has 0 nitrogen and oxygen atoms in total. The van der Waals surface area contributed by atoms with Gasteiger partial charge in [0.25, 0.3) is 0 Å². The Morgan fingerprint density at radius 3 is 1.95 bits per heavy atom. The molecule has 0 aromatic heterocycles. The van der Waals surface area contributed by atoms with Gasteiger partial charge in [0.05, 0.1) is 0 Å². The van der Waals surface area contributed by atoms with Crippen LogP contribution < -0.4 is 15.9 Å². The van der Waals surface area contributed by atoms with Crippen molar-refractivity contribution in [2.24, 2.45) is 0 Å². The van der Waals surface area contributed by atoms with Gasteiger partial charge >= 0.3 is 0 Å². The van der Waals surface area contributed by atoms with Gasteiger partial charge in [-0.05, 0) is 116 Å². The number of benzene rings is 4. The third kappa shape index (κ3) is 6.01. The first-order valence-electron chi connectivity index (χ1n) is 15.5. The molecule has 0 saturated heterocycles. The summed E-state index contributed by atoms with van der Waals surface area (Å²) in [6.45, 7) is 4.58. The highest BCUT2D eigenvalue weighted by Crippen LogP contribution is 2.72. The molecule has 4 aromatic rings. The minimum absolute atomic E-state index is 0.442. The van der Waals surface area contributed by atoms with Gasteiger partial charge in [0.1, 0.15) is 0 Å². The summed E-state index contributed by atoms with van der Waals surface area (Å²) in [6, 6.07) is 39.0. The summed E-state index contributed by atoms with van der Waals surface area (Å²) < 4.78 is 0. The predicted octanol–water partition coefficient (Wildman–Crippen LogP) is 10.3. The Kier molecular flexibility index (Phi) is 9.17. The molecule has 1 radical (unpaired) electrons. The van der Waals surface area contributed by atoms with Crippen LogP contribution in [0.25, 0.3) is 11.1 Å². The maximum absolute atomic E-state index is 3.67. The highest BCUT2D eigenvalue weighted by Gasteiger charge is 2.35. The van der Waals surface area contributed by atoms with E-state index in [4.69, 9.17) is 0 Å². The topological polar surface area (TPSA) is 0 Å². The highest BCUT2D eigenvalue weighted by atomic mass is 32.1. The van der Waals surface area contributed by atoms with Gasteiger partial charge in [-0.1, -0.05) is 130 Å². The maximum atomic E-state index is 3.67. The lowest BCUT2D eigenvalue weighted by atomic mass is 9.84. The molecule has 205 valence electrons. The van der Waals surface area contributed by atoms with Crippen LogP contribution in [-0.4, -0.2) is 5.66 Å². The third-order valence-electron chi connectivity index (χ3n) is 9.16. The zero-order chi connectivity index (χ0) is 27.3. The van der Waals surface area contributed by atoms with E-state index < -0.39 is 15.2 Å². The molecule has 0 spiro atoms. The van der Waals surface area contributed by atoms with Crippen LogP contribution in [0.3, 0.4) is 0 Å². The van der Waals surface area contributed by atoms with E-state index in [1.807, 2.05) is 0 Å². The van der Waals surface area contributed by atoms with Gasteiger partial charge < -0.3 is 0 Å². The van der Waals surface area contributed by atoms with Crippen molar-refractivity contribution in [3.8, 4) is 11.1 Å². The van der Waals surface area contributed by atoms with E-state index in [0.29, 0.717) is 0 Å². The van der Waals surface area contributed by atoms with Crippen LogP contribution in [0.15, 0.2) is 91.0 Å². The van der Waals surface area contributed by atoms with Crippen molar-refractivity contribution in [2.45, 2.75) is 89.6 Å². The molecule has 2 saturated carbocycles. The first-order chi connectivity index (χ1) is 19.7. The Balaban J connectivity index is 1.52. The van der Waals surface area contributed by atoms with Crippen LogP contribution in [0, 0.1) is 19.9 Å². The largest absolute Gasteiger partial charge is 0.0622 e. The Hall–Kier alpha value is -2.26. The monoisotopic (exact) mass is 561 g/mol. The van der Waals surface area contributed by atoms with Crippen molar-refractivity contribution in [1.29, 1.82) is 0 Å². The van der Waals surface area contributed by atoms with Crippen molar-refractivity contribution in [2.75, 3.05) is 0 Å². The summed E-state index contributed by atoms with van der Waals surface area (Å²) in [7, 11) is -0.963. The summed E-state index contributed by atoms with van der Waals surface area (Å²) in [5.74, 6) is 0.755. The number of aryl methyl sites for hydroxylation is 2. The lowest BCUT2D eigenvalue weighted by molar-refractivity contribution is 0.443. The van der Waals surface area contributed by atoms with Crippen molar-refractivity contribution in [3.05, 3.63) is 114 Å². The van der Waals surface area contributed by atoms with E-state index >= 15 is 0 Å². The fraction of sp³-hybridized carbons (Fsp3) is 0.368. The molecule has 0 bridgehead atoms. The first kappa shape index (κ1) is 27.9. The Morgan fingerprint density at radius 2 is 1.25 bits per heavy atom. The van der Waals surface area contributed by atoms with Crippen LogP contribution in [0.1, 0.15) is 86.8 Å². The van der Waals surface area contributed by atoms with Gasteiger partial charge in [0.15, 0.2) is 0 Å². The lowest BCUT2D eigenvalue weighted by Crippen LogP contribution is -2.24. The standard InChI is InChI=1S/C38H43P2/c1-29-15-12-13-23-36(29)38-30(2)16-14-24-37(38)40(34-21-10-5-11-22-34)39(33-19-8-4-9-20-33)35-27-25-32(26-28-35)31-17-6-3-7-18-31/h4,8-9,12-16,19-20,24-28,31,34H,3,5-7,10-11,17-18,21-22H2,1-2H3/t39-,40?/m1/s1. The van der Waals surface area contributed by atoms with Crippen LogP contribution in [0.4, 0.5) is 0 Å². The van der Waals surface area contributed by atoms with Crippen molar-refractivity contribution in [3.63, 3.8) is 0 Å². The highest BCUT2D eigenvalue weighted by molar-refractivity contribution is 8.39. The van der Waals surface area contributed by atoms with E-state index in [-0.39, 0.29) is 0 Å². The summed E-state index contributed by atoms with van der Waals surface area (Å²) in [5, 5.41) is 4.72. The molecular formula is C38H43P2. The average Bonchev–Trinajstić information content (AvgIpc) is 3.02. The Morgan fingerprint density at radius 1 is 0.600 bits per heavy atom. The molecule has 6 rings (SSSR count). The molecule has 1 unspecified atom stereocenters. The van der Waals surface area contributed by atoms with Gasteiger partial charge in [-0.3, -0.25) is 0 Å². The smallest absolute Gasteiger partial charge is 0.00649 e. The molecule has 2 aliphatic carbocycles. The zero-order valence-electron chi connectivity index (χ0n) is 24.3. The van der Waals surface area contributed by atoms with Gasteiger partial charge in [-0.25, -0.2) is 0 Å². The molecule has 4 aromatic carbocycles. The Bertz CT molecular complexity index is 1380. The van der Waals surface area contributed by atoms with E-state index in [1.165, 1.54) is 86.5 Å². The zero-order valence-corrected chi connectivity index (χ0v) is 26.1. The lowest BCUT2D eigenvalue weighted by Gasteiger charge is -2.39. The average molecular weight is 562 g/mol. The molecule has 0 aliphatic heterocycles. The van der Waals surface area contributed by atoms with Gasteiger partial charge in [-0.15, -0.1) is 0 Å². The van der Waals surface area contributed by atoms with Crippen LogP contribution in [0.2, 0.25) is 0 Å². The van der Waals surface area contributed by atoms with Crippen molar-refractivity contribution in [1.82, 2.24) is 0 Å². The van der Waals surface area contributed by atoms with Gasteiger partial charge in [0.2, 0.25) is 0 Å². The summed E-state index contributed by atoms with van der Waals surface area (Å²) >= 11 is 0. The van der Waals surface area contributed by atoms with E-state index in [9.17, 15) is 0 Å². The van der Waals surface area contributed by atoms with Crippen molar-refractivity contribution >= 4 is 31.1 Å². The fourth-order valence-corrected chi connectivity index (χ4v) is 16.4. The minimum Gasteiger partial charge on any atom is -0.0622 e. The number of hydrogen-bond donors (Lipinski definition) is 0. The molecule has 0 N–H and O–H groups in total. The van der Waals surface area contributed by atoms with Gasteiger partial charge in [0, 0.05) is 0 Å². The summed E-state index contributed by atoms with van der Waals surface area (Å²) in [6.07, 6.45) is 13.8. The molecule has 2 aliphatic rings. The second-order valence-corrected chi connectivity index (χ2v) is 18.0. The van der Waals surface area contributed by atoms with Crippen LogP contribution in [0.5, 0.6) is 0 Å². The maximum Gasteiger partial charge on any atom is -0.00649 e. The van der Waals surface area contributed by atoms with E-state index in [1.54, 1.807) is 21.5 Å². The second kappa shape index (κ2) is 13.1. The summed E-state index contributed by atoms with van der Waals surface area (Å²) in [4.78, 5) is 0. The van der Waals surface area contributed by atoms with Crippen LogP contribution >= 0.6 is 15.2 Å². The van der Waals surface area contributed by atoms with E-state index in [0.717, 1.165) is 11.6 Å².